The normalized spacial score (nSPS) is 14.3. The number of H-pyrrole nitrogens is 1. The van der Waals surface area contributed by atoms with E-state index >= 15 is 0 Å². The molecule has 0 saturated heterocycles. The smallest absolute Gasteiger partial charge is 0.338 e. The van der Waals surface area contributed by atoms with Crippen LogP contribution in [0.3, 0.4) is 0 Å². The van der Waals surface area contributed by atoms with Crippen molar-refractivity contribution in [2.24, 2.45) is 0 Å². The highest BCUT2D eigenvalue weighted by molar-refractivity contribution is 6.04. The van der Waals surface area contributed by atoms with Crippen molar-refractivity contribution in [1.29, 1.82) is 0 Å². The van der Waals surface area contributed by atoms with E-state index in [9.17, 15) is 19.2 Å². The summed E-state index contributed by atoms with van der Waals surface area (Å²) in [4.78, 5) is 57.0. The minimum atomic E-state index is -1.06. The summed E-state index contributed by atoms with van der Waals surface area (Å²) >= 11 is 0. The van der Waals surface area contributed by atoms with Crippen LogP contribution in [-0.4, -0.2) is 41.5 Å². The Bertz CT molecular complexity index is 1330. The number of ether oxygens (including phenoxy) is 2. The molecule has 35 heavy (non-hydrogen) atoms. The van der Waals surface area contributed by atoms with Crippen LogP contribution < -0.4 is 26.2 Å². The van der Waals surface area contributed by atoms with Gasteiger partial charge in [-0.05, 0) is 43.3 Å². The van der Waals surface area contributed by atoms with Crippen LogP contribution in [0.5, 0.6) is 5.75 Å². The van der Waals surface area contributed by atoms with E-state index in [0.717, 1.165) is 0 Å². The molecule has 2 amide bonds. The molecule has 0 bridgehead atoms. The molecule has 1 aromatic heterocycles. The quantitative estimate of drug-likeness (QED) is 0.379. The van der Waals surface area contributed by atoms with E-state index in [0.29, 0.717) is 22.7 Å². The van der Waals surface area contributed by atoms with Gasteiger partial charge in [0.15, 0.2) is 0 Å². The predicted octanol–water partition coefficient (Wildman–Crippen LogP) is 2.76. The van der Waals surface area contributed by atoms with Gasteiger partial charge in [0.05, 0.1) is 36.4 Å². The number of hydrogen-bond acceptors (Lipinski definition) is 8. The van der Waals surface area contributed by atoms with E-state index < -0.39 is 29.3 Å². The lowest BCUT2D eigenvalue weighted by Crippen LogP contribution is -2.36. The number of aromatic amines is 1. The monoisotopic (exact) mass is 477 g/mol. The summed E-state index contributed by atoms with van der Waals surface area (Å²) in [5, 5.41) is 8.20. The van der Waals surface area contributed by atoms with Crippen molar-refractivity contribution in [3.8, 4) is 5.75 Å². The van der Waals surface area contributed by atoms with Crippen LogP contribution in [0, 0.1) is 0 Å². The zero-order chi connectivity index (χ0) is 24.9. The molecule has 4 rings (SSSR count). The lowest BCUT2D eigenvalue weighted by Gasteiger charge is -2.23. The number of anilines is 4. The number of para-hydroxylation sites is 2. The van der Waals surface area contributed by atoms with Gasteiger partial charge in [0.25, 0.3) is 5.56 Å². The Kier molecular flexibility index (Phi) is 6.76. The summed E-state index contributed by atoms with van der Waals surface area (Å²) in [6.07, 6.45) is -0.218. The standard InChI is InChI=1S/C24H23N5O6/c1-3-35-23(33)13-8-10-14(11-9-13)25-21(31)15-12-18(30)27-20-19(15)22(32)29-24(28-20)26-16-6-4-5-7-17(16)34-2/h4-11,15H,3,12H2,1-2H3,(H,25,31)(H3,26,27,28,29,30,32)/t15-/m0/s1. The van der Waals surface area contributed by atoms with Crippen molar-refractivity contribution in [3.63, 3.8) is 0 Å². The van der Waals surface area contributed by atoms with Gasteiger partial charge in [0.1, 0.15) is 11.6 Å². The molecule has 3 aromatic rings. The van der Waals surface area contributed by atoms with Crippen LogP contribution >= 0.6 is 0 Å². The van der Waals surface area contributed by atoms with E-state index in [4.69, 9.17) is 9.47 Å². The minimum absolute atomic E-state index is 0.000192. The lowest BCUT2D eigenvalue weighted by molar-refractivity contribution is -0.123. The summed E-state index contributed by atoms with van der Waals surface area (Å²) in [5.41, 5.74) is 0.777. The predicted molar refractivity (Wildman–Crippen MR) is 128 cm³/mol. The zero-order valence-corrected chi connectivity index (χ0v) is 19.0. The van der Waals surface area contributed by atoms with Gasteiger partial charge in [-0.3, -0.25) is 19.4 Å². The maximum Gasteiger partial charge on any atom is 0.338 e. The molecule has 4 N–H and O–H groups in total. The Morgan fingerprint density at radius 3 is 2.57 bits per heavy atom. The molecule has 180 valence electrons. The Balaban J connectivity index is 1.57. The molecule has 0 aliphatic carbocycles. The fraction of sp³-hybridized carbons (Fsp3) is 0.208. The first-order valence-corrected chi connectivity index (χ1v) is 10.8. The van der Waals surface area contributed by atoms with Gasteiger partial charge < -0.3 is 25.4 Å². The van der Waals surface area contributed by atoms with E-state index in [1.54, 1.807) is 31.2 Å². The molecular formula is C24H23N5O6. The molecule has 0 unspecified atom stereocenters. The highest BCUT2D eigenvalue weighted by atomic mass is 16.5. The first-order valence-electron chi connectivity index (χ1n) is 10.8. The second-order valence-corrected chi connectivity index (χ2v) is 7.59. The van der Waals surface area contributed by atoms with E-state index in [1.807, 2.05) is 0 Å². The fourth-order valence-electron chi connectivity index (χ4n) is 3.66. The number of nitrogens with one attached hydrogen (secondary N) is 4. The molecular weight excluding hydrogens is 454 g/mol. The van der Waals surface area contributed by atoms with Crippen molar-refractivity contribution in [2.45, 2.75) is 19.3 Å². The molecule has 0 radical (unpaired) electrons. The number of hydrogen-bond donors (Lipinski definition) is 4. The molecule has 0 spiro atoms. The number of fused-ring (bicyclic) bond motifs is 1. The largest absolute Gasteiger partial charge is 0.495 e. The average molecular weight is 477 g/mol. The maximum absolute atomic E-state index is 13.0. The molecule has 0 saturated carbocycles. The zero-order valence-electron chi connectivity index (χ0n) is 19.0. The first kappa shape index (κ1) is 23.5. The van der Waals surface area contributed by atoms with Crippen molar-refractivity contribution < 1.29 is 23.9 Å². The third-order valence-electron chi connectivity index (χ3n) is 5.29. The van der Waals surface area contributed by atoms with Gasteiger partial charge in [-0.2, -0.15) is 4.98 Å². The van der Waals surface area contributed by atoms with Crippen LogP contribution in [0.15, 0.2) is 53.3 Å². The number of esters is 1. The molecule has 0 fully saturated rings. The number of carbonyl (C=O) groups is 3. The topological polar surface area (TPSA) is 152 Å². The summed E-state index contributed by atoms with van der Waals surface area (Å²) in [7, 11) is 1.51. The minimum Gasteiger partial charge on any atom is -0.495 e. The Morgan fingerprint density at radius 2 is 1.86 bits per heavy atom. The summed E-state index contributed by atoms with van der Waals surface area (Å²) < 4.78 is 10.2. The average Bonchev–Trinajstić information content (AvgIpc) is 2.84. The maximum atomic E-state index is 13.0. The van der Waals surface area contributed by atoms with Gasteiger partial charge in [-0.1, -0.05) is 12.1 Å². The SMILES string of the molecule is CCOC(=O)c1ccc(NC(=O)[C@H]2CC(=O)Nc3nc(Nc4ccccc4OC)[nH]c(=O)c32)cc1. The van der Waals surface area contributed by atoms with Gasteiger partial charge >= 0.3 is 5.97 Å². The lowest BCUT2D eigenvalue weighted by atomic mass is 9.92. The number of carbonyl (C=O) groups excluding carboxylic acids is 3. The van der Waals surface area contributed by atoms with E-state index in [1.165, 1.54) is 31.4 Å². The third-order valence-corrected chi connectivity index (χ3v) is 5.29. The van der Waals surface area contributed by atoms with Gasteiger partial charge in [0, 0.05) is 12.1 Å². The molecule has 1 atom stereocenters. The number of amides is 2. The fourth-order valence-corrected chi connectivity index (χ4v) is 3.66. The molecule has 11 nitrogen and oxygen atoms in total. The number of aromatic nitrogens is 2. The van der Waals surface area contributed by atoms with Crippen LogP contribution in [-0.2, 0) is 14.3 Å². The van der Waals surface area contributed by atoms with Crippen molar-refractivity contribution in [2.75, 3.05) is 29.7 Å². The Morgan fingerprint density at radius 1 is 1.11 bits per heavy atom. The van der Waals surface area contributed by atoms with Gasteiger partial charge in [-0.25, -0.2) is 4.79 Å². The number of rotatable bonds is 7. The molecule has 2 aromatic carbocycles. The molecule has 1 aliphatic rings. The van der Waals surface area contributed by atoms with Crippen LogP contribution in [0.25, 0.3) is 0 Å². The second-order valence-electron chi connectivity index (χ2n) is 7.59. The van der Waals surface area contributed by atoms with Gasteiger partial charge in [-0.15, -0.1) is 0 Å². The molecule has 1 aliphatic heterocycles. The Labute approximate surface area is 199 Å². The van der Waals surface area contributed by atoms with E-state index in [2.05, 4.69) is 25.9 Å². The van der Waals surface area contributed by atoms with Crippen molar-refractivity contribution >= 4 is 40.9 Å². The van der Waals surface area contributed by atoms with Crippen LogP contribution in [0.4, 0.5) is 23.1 Å². The number of methoxy groups -OCH3 is 1. The van der Waals surface area contributed by atoms with Crippen molar-refractivity contribution in [1.82, 2.24) is 9.97 Å². The highest BCUT2D eigenvalue weighted by Gasteiger charge is 2.35. The molecule has 11 heteroatoms. The second kappa shape index (κ2) is 10.1. The van der Waals surface area contributed by atoms with Gasteiger partial charge in [0.2, 0.25) is 17.8 Å². The number of benzene rings is 2. The van der Waals surface area contributed by atoms with E-state index in [-0.39, 0.29) is 30.4 Å². The molecule has 2 heterocycles. The summed E-state index contributed by atoms with van der Waals surface area (Å²) in [6.45, 7) is 1.96. The first-order chi connectivity index (χ1) is 16.9. The van der Waals surface area contributed by atoms with Crippen LogP contribution in [0.1, 0.15) is 35.2 Å². The third kappa shape index (κ3) is 5.13. The summed E-state index contributed by atoms with van der Waals surface area (Å²) in [6, 6.07) is 13.1. The van der Waals surface area contributed by atoms with Crippen LogP contribution in [0.2, 0.25) is 0 Å². The Hall–Kier alpha value is -4.67. The van der Waals surface area contributed by atoms with Crippen molar-refractivity contribution in [3.05, 3.63) is 70.0 Å². The number of nitrogens with zero attached hydrogens (tertiary/aromatic N) is 1. The highest BCUT2D eigenvalue weighted by Crippen LogP contribution is 2.31. The summed E-state index contributed by atoms with van der Waals surface area (Å²) in [5.74, 6) is -1.92.